The highest BCUT2D eigenvalue weighted by Crippen LogP contribution is 2.22. The summed E-state index contributed by atoms with van der Waals surface area (Å²) in [7, 11) is 1.88. The van der Waals surface area contributed by atoms with Crippen LogP contribution in [0, 0.1) is 5.41 Å². The Labute approximate surface area is 132 Å². The van der Waals surface area contributed by atoms with Crippen molar-refractivity contribution in [2.24, 2.45) is 0 Å². The van der Waals surface area contributed by atoms with Crippen LogP contribution in [0.2, 0.25) is 0 Å². The first kappa shape index (κ1) is 14.9. The number of benzene rings is 2. The molecule has 0 radical (unpaired) electrons. The molecule has 0 amide bonds. The van der Waals surface area contributed by atoms with E-state index in [4.69, 9.17) is 5.41 Å². The Kier molecular flexibility index (Phi) is 5.09. The SMILES string of the molecule is CSc1cccc(N(C)C(=N)Nc2cccc(Br)c2)c1. The quantitative estimate of drug-likeness (QED) is 0.481. The monoisotopic (exact) mass is 349 g/mol. The van der Waals surface area contributed by atoms with Gasteiger partial charge >= 0.3 is 0 Å². The van der Waals surface area contributed by atoms with Gasteiger partial charge in [0.1, 0.15) is 0 Å². The number of hydrogen-bond acceptors (Lipinski definition) is 2. The largest absolute Gasteiger partial charge is 0.326 e. The third-order valence-electron chi connectivity index (χ3n) is 2.86. The minimum absolute atomic E-state index is 0.335. The normalized spacial score (nSPS) is 10.2. The van der Waals surface area contributed by atoms with Crippen molar-refractivity contribution < 1.29 is 0 Å². The maximum absolute atomic E-state index is 8.16. The highest BCUT2D eigenvalue weighted by atomic mass is 79.9. The lowest BCUT2D eigenvalue weighted by molar-refractivity contribution is 1.20. The van der Waals surface area contributed by atoms with E-state index >= 15 is 0 Å². The van der Waals surface area contributed by atoms with Gasteiger partial charge in [0.15, 0.2) is 5.96 Å². The van der Waals surface area contributed by atoms with E-state index in [-0.39, 0.29) is 0 Å². The Morgan fingerprint density at radius 3 is 2.65 bits per heavy atom. The molecule has 0 spiro atoms. The van der Waals surface area contributed by atoms with Crippen molar-refractivity contribution >= 4 is 45.0 Å². The number of rotatable bonds is 3. The van der Waals surface area contributed by atoms with Gasteiger partial charge < -0.3 is 10.2 Å². The van der Waals surface area contributed by atoms with E-state index in [1.807, 2.05) is 54.6 Å². The van der Waals surface area contributed by atoms with E-state index in [1.54, 1.807) is 11.8 Å². The van der Waals surface area contributed by atoms with Gasteiger partial charge in [-0.2, -0.15) is 0 Å². The van der Waals surface area contributed by atoms with E-state index in [9.17, 15) is 0 Å². The van der Waals surface area contributed by atoms with Crippen molar-refractivity contribution in [3.05, 3.63) is 53.0 Å². The van der Waals surface area contributed by atoms with Gasteiger partial charge in [-0.15, -0.1) is 11.8 Å². The van der Waals surface area contributed by atoms with E-state index < -0.39 is 0 Å². The number of thioether (sulfide) groups is 1. The molecule has 20 heavy (non-hydrogen) atoms. The molecule has 5 heteroatoms. The van der Waals surface area contributed by atoms with Crippen LogP contribution in [-0.2, 0) is 0 Å². The molecule has 2 aromatic rings. The Bertz CT molecular complexity index is 616. The summed E-state index contributed by atoms with van der Waals surface area (Å²) in [5.74, 6) is 0.335. The van der Waals surface area contributed by atoms with Gasteiger partial charge in [0.2, 0.25) is 0 Å². The van der Waals surface area contributed by atoms with Crippen molar-refractivity contribution in [3.63, 3.8) is 0 Å². The van der Waals surface area contributed by atoms with Crippen LogP contribution < -0.4 is 10.2 Å². The summed E-state index contributed by atoms with van der Waals surface area (Å²) in [5.41, 5.74) is 1.88. The molecule has 0 atom stereocenters. The van der Waals surface area contributed by atoms with E-state index in [1.165, 1.54) is 4.90 Å². The van der Waals surface area contributed by atoms with Crippen LogP contribution in [0.1, 0.15) is 0 Å². The zero-order valence-electron chi connectivity index (χ0n) is 11.4. The molecule has 0 aliphatic carbocycles. The fraction of sp³-hybridized carbons (Fsp3) is 0.133. The average Bonchev–Trinajstić information content (AvgIpc) is 2.46. The zero-order chi connectivity index (χ0) is 14.5. The molecule has 0 saturated heterocycles. The maximum atomic E-state index is 8.16. The van der Waals surface area contributed by atoms with Crippen LogP contribution in [0.5, 0.6) is 0 Å². The molecular formula is C15H16BrN3S. The number of hydrogen-bond donors (Lipinski definition) is 2. The van der Waals surface area contributed by atoms with Gasteiger partial charge in [0, 0.05) is 27.8 Å². The Morgan fingerprint density at radius 1 is 1.20 bits per heavy atom. The fourth-order valence-corrected chi connectivity index (χ4v) is 2.59. The average molecular weight is 350 g/mol. The summed E-state index contributed by atoms with van der Waals surface area (Å²) in [6.07, 6.45) is 2.05. The summed E-state index contributed by atoms with van der Waals surface area (Å²) >= 11 is 5.12. The molecule has 2 N–H and O–H groups in total. The van der Waals surface area contributed by atoms with Crippen molar-refractivity contribution in [3.8, 4) is 0 Å². The Balaban J connectivity index is 2.12. The van der Waals surface area contributed by atoms with Gasteiger partial charge in [0.05, 0.1) is 0 Å². The molecule has 3 nitrogen and oxygen atoms in total. The molecule has 0 aromatic heterocycles. The summed E-state index contributed by atoms with van der Waals surface area (Å²) in [6.45, 7) is 0. The number of guanidine groups is 1. The first-order valence-electron chi connectivity index (χ1n) is 6.09. The lowest BCUT2D eigenvalue weighted by Crippen LogP contribution is -2.31. The summed E-state index contributed by atoms with van der Waals surface area (Å²) in [5, 5.41) is 11.3. The molecule has 0 aliphatic rings. The van der Waals surface area contributed by atoms with Gasteiger partial charge in [-0.1, -0.05) is 28.1 Å². The topological polar surface area (TPSA) is 39.1 Å². The molecule has 0 saturated carbocycles. The van der Waals surface area contributed by atoms with E-state index in [0.29, 0.717) is 5.96 Å². The standard InChI is InChI=1S/C15H16BrN3S/c1-19(13-7-4-8-14(10-13)20-2)15(17)18-12-6-3-5-11(16)9-12/h3-10H,1-2H3,(H2,17,18). The third-order valence-corrected chi connectivity index (χ3v) is 4.08. The van der Waals surface area contributed by atoms with Crippen LogP contribution >= 0.6 is 27.7 Å². The summed E-state index contributed by atoms with van der Waals surface area (Å²) < 4.78 is 0.988. The molecule has 0 unspecified atom stereocenters. The van der Waals surface area contributed by atoms with Gasteiger partial charge in [0.25, 0.3) is 0 Å². The zero-order valence-corrected chi connectivity index (χ0v) is 13.8. The highest BCUT2D eigenvalue weighted by Gasteiger charge is 2.08. The van der Waals surface area contributed by atoms with Crippen molar-refractivity contribution in [2.45, 2.75) is 4.90 Å². The maximum Gasteiger partial charge on any atom is 0.199 e. The summed E-state index contributed by atoms with van der Waals surface area (Å²) in [6, 6.07) is 15.9. The van der Waals surface area contributed by atoms with Crippen molar-refractivity contribution in [2.75, 3.05) is 23.5 Å². The third kappa shape index (κ3) is 3.77. The second kappa shape index (κ2) is 6.81. The lowest BCUT2D eigenvalue weighted by atomic mass is 10.3. The summed E-state index contributed by atoms with van der Waals surface area (Å²) in [4.78, 5) is 3.00. The molecular weight excluding hydrogens is 334 g/mol. The van der Waals surface area contributed by atoms with Crippen molar-refractivity contribution in [1.82, 2.24) is 0 Å². The van der Waals surface area contributed by atoms with Crippen LogP contribution in [-0.4, -0.2) is 19.3 Å². The lowest BCUT2D eigenvalue weighted by Gasteiger charge is -2.21. The number of halogens is 1. The van der Waals surface area contributed by atoms with Crippen LogP contribution in [0.4, 0.5) is 11.4 Å². The first-order valence-corrected chi connectivity index (χ1v) is 8.11. The molecule has 2 aromatic carbocycles. The number of nitrogens with zero attached hydrogens (tertiary/aromatic N) is 1. The van der Waals surface area contributed by atoms with Crippen LogP contribution in [0.25, 0.3) is 0 Å². The highest BCUT2D eigenvalue weighted by molar-refractivity contribution is 9.10. The molecule has 0 fully saturated rings. The second-order valence-electron chi connectivity index (χ2n) is 4.24. The first-order chi connectivity index (χ1) is 9.60. The van der Waals surface area contributed by atoms with Gasteiger partial charge in [-0.05, 0) is 42.7 Å². The van der Waals surface area contributed by atoms with Gasteiger partial charge in [-0.3, -0.25) is 5.41 Å². The fourth-order valence-electron chi connectivity index (χ4n) is 1.74. The van der Waals surface area contributed by atoms with Crippen LogP contribution in [0.3, 0.4) is 0 Å². The Morgan fingerprint density at radius 2 is 1.95 bits per heavy atom. The molecule has 2 rings (SSSR count). The molecule has 104 valence electrons. The second-order valence-corrected chi connectivity index (χ2v) is 6.04. The van der Waals surface area contributed by atoms with E-state index in [0.717, 1.165) is 15.8 Å². The van der Waals surface area contributed by atoms with E-state index in [2.05, 4.69) is 33.4 Å². The molecule has 0 bridgehead atoms. The number of anilines is 2. The van der Waals surface area contributed by atoms with Gasteiger partial charge in [-0.25, -0.2) is 0 Å². The number of nitrogens with one attached hydrogen (secondary N) is 2. The minimum atomic E-state index is 0.335. The van der Waals surface area contributed by atoms with Crippen molar-refractivity contribution in [1.29, 1.82) is 5.41 Å². The molecule has 0 heterocycles. The predicted molar refractivity (Wildman–Crippen MR) is 92.1 cm³/mol. The Hall–Kier alpha value is -1.46. The van der Waals surface area contributed by atoms with Crippen LogP contribution in [0.15, 0.2) is 57.9 Å². The predicted octanol–water partition coefficient (Wildman–Crippen LogP) is 4.65. The minimum Gasteiger partial charge on any atom is -0.326 e. The smallest absolute Gasteiger partial charge is 0.199 e. The molecule has 0 aliphatic heterocycles.